The van der Waals surface area contributed by atoms with E-state index >= 15 is 0 Å². The second kappa shape index (κ2) is 4.94. The smallest absolute Gasteiger partial charge is 0.306 e. The van der Waals surface area contributed by atoms with Crippen LogP contribution in [0.15, 0.2) is 0 Å². The molecule has 0 radical (unpaired) electrons. The van der Waals surface area contributed by atoms with Crippen molar-refractivity contribution in [2.45, 2.75) is 39.5 Å². The molecule has 0 aliphatic heterocycles. The molecule has 0 spiro atoms. The second-order valence-electron chi connectivity index (χ2n) is 2.60. The summed E-state index contributed by atoms with van der Waals surface area (Å²) in [7, 11) is -3.95. The highest BCUT2D eigenvalue weighted by Crippen LogP contribution is 2.45. The van der Waals surface area contributed by atoms with Crippen molar-refractivity contribution in [2.24, 2.45) is 5.73 Å². The van der Waals surface area contributed by atoms with Crippen LogP contribution in [-0.4, -0.2) is 17.2 Å². The van der Waals surface area contributed by atoms with Gasteiger partial charge < -0.3 is 10.6 Å². The summed E-state index contributed by atoms with van der Waals surface area (Å²) in [5.41, 5.74) is 5.16. The normalized spacial score (nSPS) is 21.4. The molecular formula is C6H16NO4P. The molecule has 0 saturated carbocycles. The third-order valence-electron chi connectivity index (χ3n) is 1.19. The Morgan fingerprint density at radius 2 is 2.00 bits per heavy atom. The Morgan fingerprint density at radius 3 is 2.33 bits per heavy atom. The fourth-order valence-electron chi connectivity index (χ4n) is 0.537. The zero-order valence-electron chi connectivity index (χ0n) is 7.56. The topological polar surface area (TPSA) is 81.8 Å². The van der Waals surface area contributed by atoms with Crippen LogP contribution in [0.4, 0.5) is 0 Å². The summed E-state index contributed by atoms with van der Waals surface area (Å²) in [5, 5.41) is 0. The molecule has 0 aromatic rings. The Balaban J connectivity index is 3.95. The van der Waals surface area contributed by atoms with E-state index in [2.05, 4.69) is 4.52 Å². The molecule has 3 N–H and O–H groups in total. The lowest BCUT2D eigenvalue weighted by molar-refractivity contribution is 0.0869. The first-order chi connectivity index (χ1) is 5.37. The fraction of sp³-hybridized carbons (Fsp3) is 1.00. The molecule has 0 aliphatic rings. The molecule has 0 aromatic carbocycles. The van der Waals surface area contributed by atoms with E-state index in [-0.39, 0.29) is 6.10 Å². The van der Waals surface area contributed by atoms with Crippen LogP contribution in [-0.2, 0) is 13.6 Å². The van der Waals surface area contributed by atoms with Crippen molar-refractivity contribution >= 4 is 7.82 Å². The van der Waals surface area contributed by atoms with Gasteiger partial charge in [0.25, 0.3) is 0 Å². The quantitative estimate of drug-likeness (QED) is 0.511. The summed E-state index contributed by atoms with van der Waals surface area (Å²) >= 11 is 0. The van der Waals surface area contributed by atoms with Crippen molar-refractivity contribution in [3.8, 4) is 0 Å². The van der Waals surface area contributed by atoms with Crippen LogP contribution >= 0.6 is 7.82 Å². The van der Waals surface area contributed by atoms with Gasteiger partial charge >= 0.3 is 7.82 Å². The van der Waals surface area contributed by atoms with Gasteiger partial charge in [-0.25, -0.2) is 4.57 Å². The highest BCUT2D eigenvalue weighted by atomic mass is 31.2. The monoisotopic (exact) mass is 197 g/mol. The second-order valence-corrected chi connectivity index (χ2v) is 3.96. The summed E-state index contributed by atoms with van der Waals surface area (Å²) < 4.78 is 20.2. The number of rotatable bonds is 5. The predicted molar refractivity (Wildman–Crippen MR) is 45.4 cm³/mol. The van der Waals surface area contributed by atoms with E-state index < -0.39 is 14.1 Å². The molecule has 0 saturated heterocycles. The van der Waals surface area contributed by atoms with Crippen molar-refractivity contribution in [3.63, 3.8) is 0 Å². The minimum atomic E-state index is -3.95. The van der Waals surface area contributed by atoms with Gasteiger partial charge in [-0.3, -0.25) is 9.05 Å². The maximum atomic E-state index is 11.0. The molecule has 0 bridgehead atoms. The van der Waals surface area contributed by atoms with Gasteiger partial charge in [-0.2, -0.15) is 0 Å². The molecule has 0 heterocycles. The fourth-order valence-corrected chi connectivity index (χ4v) is 1.61. The molecule has 0 fully saturated rings. The summed E-state index contributed by atoms with van der Waals surface area (Å²) in [6.07, 6.45) is -0.461. The van der Waals surface area contributed by atoms with E-state index in [1.165, 1.54) is 6.92 Å². The SMILES string of the molecule is CCC(C)OP(=O)(O)OC(C)N. The Labute approximate surface area is 72.5 Å². The van der Waals surface area contributed by atoms with Crippen LogP contribution in [0.25, 0.3) is 0 Å². The van der Waals surface area contributed by atoms with E-state index in [1.54, 1.807) is 6.92 Å². The first kappa shape index (κ1) is 12.1. The van der Waals surface area contributed by atoms with Gasteiger partial charge in [-0.1, -0.05) is 6.92 Å². The number of phosphoric ester groups is 1. The third kappa shape index (κ3) is 5.69. The minimum Gasteiger partial charge on any atom is -0.306 e. The molecular weight excluding hydrogens is 181 g/mol. The average Bonchev–Trinajstić information content (AvgIpc) is 1.83. The highest BCUT2D eigenvalue weighted by Gasteiger charge is 2.25. The van der Waals surface area contributed by atoms with Gasteiger partial charge in [0.05, 0.1) is 6.10 Å². The molecule has 0 amide bonds. The summed E-state index contributed by atoms with van der Waals surface area (Å²) in [6.45, 7) is 4.99. The van der Waals surface area contributed by atoms with E-state index in [4.69, 9.17) is 15.2 Å². The molecule has 74 valence electrons. The van der Waals surface area contributed by atoms with E-state index in [9.17, 15) is 4.57 Å². The highest BCUT2D eigenvalue weighted by molar-refractivity contribution is 7.47. The number of hydrogen-bond donors (Lipinski definition) is 2. The maximum absolute atomic E-state index is 11.0. The maximum Gasteiger partial charge on any atom is 0.473 e. The summed E-state index contributed by atoms with van der Waals surface area (Å²) in [5.74, 6) is 0. The number of hydrogen-bond acceptors (Lipinski definition) is 4. The van der Waals surface area contributed by atoms with E-state index in [0.29, 0.717) is 6.42 Å². The standard InChI is InChI=1S/C6H16NO4P/c1-4-5(2)10-12(8,9)11-6(3)7/h5-6H,4,7H2,1-3H3,(H,8,9). The Kier molecular flexibility index (Phi) is 4.97. The molecule has 0 rings (SSSR count). The zero-order valence-corrected chi connectivity index (χ0v) is 8.45. The molecule has 6 heteroatoms. The Bertz CT molecular complexity index is 173. The van der Waals surface area contributed by atoms with Crippen molar-refractivity contribution in [3.05, 3.63) is 0 Å². The van der Waals surface area contributed by atoms with Gasteiger partial charge in [0.15, 0.2) is 0 Å². The lowest BCUT2D eigenvalue weighted by Gasteiger charge is -2.17. The van der Waals surface area contributed by atoms with Crippen LogP contribution in [0.5, 0.6) is 0 Å². The Morgan fingerprint density at radius 1 is 1.50 bits per heavy atom. The number of phosphoric acid groups is 1. The minimum absolute atomic E-state index is 0.306. The van der Waals surface area contributed by atoms with Crippen LogP contribution in [0.3, 0.4) is 0 Å². The van der Waals surface area contributed by atoms with Gasteiger partial charge in [0.2, 0.25) is 0 Å². The first-order valence-corrected chi connectivity index (χ1v) is 5.32. The van der Waals surface area contributed by atoms with Crippen molar-refractivity contribution < 1.29 is 18.5 Å². The largest absolute Gasteiger partial charge is 0.473 e. The molecule has 12 heavy (non-hydrogen) atoms. The van der Waals surface area contributed by atoms with Gasteiger partial charge in [-0.05, 0) is 20.3 Å². The van der Waals surface area contributed by atoms with Crippen molar-refractivity contribution in [2.75, 3.05) is 0 Å². The van der Waals surface area contributed by atoms with Crippen LogP contribution in [0.1, 0.15) is 27.2 Å². The average molecular weight is 197 g/mol. The molecule has 0 aromatic heterocycles. The van der Waals surface area contributed by atoms with Crippen molar-refractivity contribution in [1.29, 1.82) is 0 Å². The summed E-state index contributed by atoms with van der Waals surface area (Å²) in [6, 6.07) is 0. The van der Waals surface area contributed by atoms with Crippen molar-refractivity contribution in [1.82, 2.24) is 0 Å². The first-order valence-electron chi connectivity index (χ1n) is 3.82. The van der Waals surface area contributed by atoms with Crippen LogP contribution in [0, 0.1) is 0 Å². The zero-order chi connectivity index (χ0) is 9.78. The third-order valence-corrected chi connectivity index (χ3v) is 2.41. The number of nitrogens with two attached hydrogens (primary N) is 1. The van der Waals surface area contributed by atoms with E-state index in [1.807, 2.05) is 6.92 Å². The van der Waals surface area contributed by atoms with Gasteiger partial charge in [0.1, 0.15) is 6.23 Å². The lowest BCUT2D eigenvalue weighted by Crippen LogP contribution is -2.19. The predicted octanol–water partition coefficient (Wildman–Crippen LogP) is 1.22. The van der Waals surface area contributed by atoms with Gasteiger partial charge in [-0.15, -0.1) is 0 Å². The molecule has 0 aliphatic carbocycles. The molecule has 5 nitrogen and oxygen atoms in total. The molecule has 3 atom stereocenters. The van der Waals surface area contributed by atoms with Crippen LogP contribution in [0.2, 0.25) is 0 Å². The van der Waals surface area contributed by atoms with Crippen LogP contribution < -0.4 is 5.73 Å². The van der Waals surface area contributed by atoms with Gasteiger partial charge in [0, 0.05) is 0 Å². The summed E-state index contributed by atoms with van der Waals surface area (Å²) in [4.78, 5) is 9.02. The molecule has 3 unspecified atom stereocenters. The lowest BCUT2D eigenvalue weighted by atomic mass is 10.3. The van der Waals surface area contributed by atoms with E-state index in [0.717, 1.165) is 0 Å². The Hall–Kier alpha value is 0.0700.